The van der Waals surface area contributed by atoms with Crippen LogP contribution in [0, 0.1) is 0 Å². The summed E-state index contributed by atoms with van der Waals surface area (Å²) < 4.78 is 5.22. The van der Waals surface area contributed by atoms with Crippen LogP contribution in [0.2, 0.25) is 0 Å². The molecule has 0 bridgehead atoms. The molecule has 26 heavy (non-hydrogen) atoms. The highest BCUT2D eigenvalue weighted by Gasteiger charge is 2.23. The molecule has 0 spiro atoms. The van der Waals surface area contributed by atoms with Crippen LogP contribution < -0.4 is 10.7 Å². The molecule has 3 N–H and O–H groups in total. The van der Waals surface area contributed by atoms with Gasteiger partial charge in [-0.3, -0.25) is 15.0 Å². The maximum Gasteiger partial charge on any atom is 0.259 e. The number of fused-ring (bicyclic) bond motifs is 1. The summed E-state index contributed by atoms with van der Waals surface area (Å²) in [4.78, 5) is 24.7. The number of morpholine rings is 1. The number of hydrogen-bond donors (Lipinski definition) is 3. The summed E-state index contributed by atoms with van der Waals surface area (Å²) in [6.07, 6.45) is 0.142. The molecule has 0 aliphatic carbocycles. The number of amides is 2. The molecule has 0 aromatic heterocycles. The van der Waals surface area contributed by atoms with Gasteiger partial charge in [0.15, 0.2) is 0 Å². The van der Waals surface area contributed by atoms with Crippen LogP contribution in [-0.2, 0) is 20.7 Å². The van der Waals surface area contributed by atoms with Gasteiger partial charge in [0.25, 0.3) is 5.91 Å². The third-order valence-electron chi connectivity index (χ3n) is 4.34. The monoisotopic (exact) mass is 357 g/mol. The van der Waals surface area contributed by atoms with Gasteiger partial charge in [-0.25, -0.2) is 5.01 Å². The normalized spacial score (nSPS) is 16.2. The minimum Gasteiger partial charge on any atom is -0.394 e. The van der Waals surface area contributed by atoms with Gasteiger partial charge in [0.2, 0.25) is 5.91 Å². The Balaban J connectivity index is 1.60. The first-order chi connectivity index (χ1) is 12.7. The van der Waals surface area contributed by atoms with Crippen molar-refractivity contribution in [1.82, 2.24) is 15.8 Å². The Kier molecular flexibility index (Phi) is 6.17. The van der Waals surface area contributed by atoms with E-state index in [1.807, 2.05) is 42.5 Å². The number of aliphatic hydroxyl groups excluding tert-OH is 1. The number of carbonyl (C=O) groups is 2. The van der Waals surface area contributed by atoms with Crippen LogP contribution in [0.25, 0.3) is 10.8 Å². The summed E-state index contributed by atoms with van der Waals surface area (Å²) in [6, 6.07) is 12.6. The maximum absolute atomic E-state index is 12.4. The van der Waals surface area contributed by atoms with E-state index in [0.717, 1.165) is 16.3 Å². The Bertz CT molecular complexity index is 769. The van der Waals surface area contributed by atoms with Crippen molar-refractivity contribution in [3.05, 3.63) is 48.0 Å². The molecule has 1 atom stereocenters. The molecule has 1 unspecified atom stereocenters. The van der Waals surface area contributed by atoms with E-state index in [0.29, 0.717) is 26.3 Å². The second-order valence-electron chi connectivity index (χ2n) is 6.19. The quantitative estimate of drug-likeness (QED) is 0.688. The zero-order valence-corrected chi connectivity index (χ0v) is 14.5. The Morgan fingerprint density at radius 2 is 1.85 bits per heavy atom. The lowest BCUT2D eigenvalue weighted by Crippen LogP contribution is -2.56. The van der Waals surface area contributed by atoms with E-state index in [9.17, 15) is 14.7 Å². The van der Waals surface area contributed by atoms with Crippen molar-refractivity contribution in [1.29, 1.82) is 0 Å². The van der Waals surface area contributed by atoms with Gasteiger partial charge in [-0.2, -0.15) is 0 Å². The van der Waals surface area contributed by atoms with Crippen LogP contribution in [0.4, 0.5) is 0 Å². The zero-order valence-electron chi connectivity index (χ0n) is 14.5. The van der Waals surface area contributed by atoms with Crippen molar-refractivity contribution >= 4 is 22.6 Å². The summed E-state index contributed by atoms with van der Waals surface area (Å²) in [7, 11) is 0. The van der Waals surface area contributed by atoms with Crippen molar-refractivity contribution in [2.24, 2.45) is 0 Å². The number of hydrazine groups is 1. The Morgan fingerprint density at radius 1 is 1.12 bits per heavy atom. The van der Waals surface area contributed by atoms with E-state index in [1.54, 1.807) is 5.01 Å². The second-order valence-corrected chi connectivity index (χ2v) is 6.19. The Hall–Kier alpha value is -2.48. The lowest BCUT2D eigenvalue weighted by Gasteiger charge is -2.28. The van der Waals surface area contributed by atoms with Gasteiger partial charge in [0.05, 0.1) is 26.2 Å². The minimum atomic E-state index is -0.986. The number of rotatable bonds is 6. The predicted octanol–water partition coefficient (Wildman–Crippen LogP) is 0.223. The van der Waals surface area contributed by atoms with Crippen LogP contribution in [0.15, 0.2) is 42.5 Å². The molecule has 2 amide bonds. The van der Waals surface area contributed by atoms with E-state index < -0.39 is 18.6 Å². The zero-order chi connectivity index (χ0) is 18.4. The van der Waals surface area contributed by atoms with Crippen LogP contribution in [0.3, 0.4) is 0 Å². The number of hydrogen-bond acceptors (Lipinski definition) is 5. The van der Waals surface area contributed by atoms with Crippen LogP contribution in [0.5, 0.6) is 0 Å². The molecular formula is C19H23N3O4. The van der Waals surface area contributed by atoms with Crippen molar-refractivity contribution in [3.63, 3.8) is 0 Å². The molecule has 138 valence electrons. The third kappa shape index (κ3) is 4.57. The fourth-order valence-electron chi connectivity index (χ4n) is 2.97. The third-order valence-corrected chi connectivity index (χ3v) is 4.34. The minimum absolute atomic E-state index is 0.142. The lowest BCUT2D eigenvalue weighted by molar-refractivity contribution is -0.134. The van der Waals surface area contributed by atoms with E-state index in [1.165, 1.54) is 0 Å². The van der Waals surface area contributed by atoms with Gasteiger partial charge in [-0.1, -0.05) is 42.5 Å². The molecule has 2 aromatic rings. The molecule has 7 heteroatoms. The van der Waals surface area contributed by atoms with E-state index in [4.69, 9.17) is 4.74 Å². The lowest BCUT2D eigenvalue weighted by atomic mass is 10.0. The van der Waals surface area contributed by atoms with Gasteiger partial charge in [0, 0.05) is 13.1 Å². The van der Waals surface area contributed by atoms with Crippen molar-refractivity contribution in [3.8, 4) is 0 Å². The highest BCUT2D eigenvalue weighted by molar-refractivity contribution is 5.92. The fourth-order valence-corrected chi connectivity index (χ4v) is 2.97. The number of nitrogens with one attached hydrogen (secondary N) is 2. The largest absolute Gasteiger partial charge is 0.394 e. The number of carbonyl (C=O) groups excluding carboxylic acids is 2. The van der Waals surface area contributed by atoms with Crippen molar-refractivity contribution < 1.29 is 19.4 Å². The van der Waals surface area contributed by atoms with E-state index >= 15 is 0 Å². The standard InChI is InChI=1S/C19H23N3O4/c23-13-17(19(25)21-22-8-10-26-11-9-22)20-18(24)12-15-6-3-5-14-4-1-2-7-16(14)15/h1-7,17,23H,8-13H2,(H,20,24)(H,21,25). The molecule has 0 radical (unpaired) electrons. The van der Waals surface area contributed by atoms with Gasteiger partial charge >= 0.3 is 0 Å². The van der Waals surface area contributed by atoms with Crippen LogP contribution in [-0.4, -0.2) is 60.9 Å². The van der Waals surface area contributed by atoms with Gasteiger partial charge in [-0.05, 0) is 16.3 Å². The average molecular weight is 357 g/mol. The first-order valence-electron chi connectivity index (χ1n) is 8.67. The molecule has 1 aliphatic heterocycles. The average Bonchev–Trinajstić information content (AvgIpc) is 2.67. The number of benzene rings is 2. The number of ether oxygens (including phenoxy) is 1. The van der Waals surface area contributed by atoms with E-state index in [-0.39, 0.29) is 12.3 Å². The van der Waals surface area contributed by atoms with Gasteiger partial charge in [-0.15, -0.1) is 0 Å². The number of nitrogens with zero attached hydrogens (tertiary/aromatic N) is 1. The topological polar surface area (TPSA) is 90.9 Å². The summed E-state index contributed by atoms with van der Waals surface area (Å²) in [5, 5.41) is 15.9. The molecule has 1 aliphatic rings. The highest BCUT2D eigenvalue weighted by atomic mass is 16.5. The van der Waals surface area contributed by atoms with Gasteiger partial charge < -0.3 is 15.2 Å². The Labute approximate surface area is 151 Å². The van der Waals surface area contributed by atoms with Crippen molar-refractivity contribution in [2.75, 3.05) is 32.9 Å². The second kappa shape index (κ2) is 8.75. The summed E-state index contributed by atoms with van der Waals surface area (Å²) in [5.74, 6) is -0.738. The Morgan fingerprint density at radius 3 is 2.62 bits per heavy atom. The molecule has 7 nitrogen and oxygen atoms in total. The molecule has 1 fully saturated rings. The molecule has 1 heterocycles. The summed E-state index contributed by atoms with van der Waals surface area (Å²) >= 11 is 0. The first-order valence-corrected chi connectivity index (χ1v) is 8.67. The van der Waals surface area contributed by atoms with Crippen LogP contribution >= 0.6 is 0 Å². The predicted molar refractivity (Wildman–Crippen MR) is 97.2 cm³/mol. The first kappa shape index (κ1) is 18.3. The van der Waals surface area contributed by atoms with Gasteiger partial charge in [0.1, 0.15) is 6.04 Å². The van der Waals surface area contributed by atoms with E-state index in [2.05, 4.69) is 10.7 Å². The molecule has 1 saturated heterocycles. The highest BCUT2D eigenvalue weighted by Crippen LogP contribution is 2.18. The summed E-state index contributed by atoms with van der Waals surface area (Å²) in [6.45, 7) is 1.77. The fraction of sp³-hybridized carbons (Fsp3) is 0.368. The molecular weight excluding hydrogens is 334 g/mol. The van der Waals surface area contributed by atoms with Crippen LogP contribution in [0.1, 0.15) is 5.56 Å². The molecule has 3 rings (SSSR count). The smallest absolute Gasteiger partial charge is 0.259 e. The maximum atomic E-state index is 12.4. The van der Waals surface area contributed by atoms with Crippen molar-refractivity contribution in [2.45, 2.75) is 12.5 Å². The molecule has 0 saturated carbocycles. The SMILES string of the molecule is O=C(Cc1cccc2ccccc12)NC(CO)C(=O)NN1CCOCC1. The molecule has 2 aromatic carbocycles. The number of aliphatic hydroxyl groups is 1. The summed E-state index contributed by atoms with van der Waals surface area (Å²) in [5.41, 5.74) is 3.59.